The number of benzene rings is 1. The molecular weight excluding hydrogens is 266 g/mol. The summed E-state index contributed by atoms with van der Waals surface area (Å²) in [6.07, 6.45) is 2.12. The van der Waals surface area contributed by atoms with E-state index in [4.69, 9.17) is 11.6 Å². The van der Waals surface area contributed by atoms with Crippen LogP contribution >= 0.6 is 11.6 Å². The number of nitro groups is 1. The molecule has 0 fully saturated rings. The Hall–Kier alpha value is -1.14. The fourth-order valence-corrected chi connectivity index (χ4v) is 2.32. The average molecular weight is 278 g/mol. The maximum absolute atomic E-state index is 10.9. The zero-order valence-corrected chi connectivity index (χ0v) is 10.8. The summed E-state index contributed by atoms with van der Waals surface area (Å²) in [6, 6.07) is 4.20. The zero-order valence-electron chi connectivity index (χ0n) is 9.22. The van der Waals surface area contributed by atoms with Gasteiger partial charge in [-0.1, -0.05) is 17.7 Å². The molecule has 94 valence electrons. The van der Waals surface area contributed by atoms with Crippen LogP contribution in [0.25, 0.3) is 0 Å². The molecule has 5 nitrogen and oxygen atoms in total. The van der Waals surface area contributed by atoms with E-state index in [2.05, 4.69) is 0 Å². The van der Waals surface area contributed by atoms with Crippen molar-refractivity contribution in [3.63, 3.8) is 0 Å². The first-order chi connectivity index (χ1) is 7.79. The second-order valence-electron chi connectivity index (χ2n) is 3.77. The Kier molecular flexibility index (Phi) is 4.47. The van der Waals surface area contributed by atoms with Crippen molar-refractivity contribution < 1.29 is 13.3 Å². The fraction of sp³-hybridized carbons (Fsp3) is 0.400. The van der Waals surface area contributed by atoms with Crippen LogP contribution in [0, 0.1) is 10.1 Å². The Labute approximate surface area is 104 Å². The number of rotatable bonds is 5. The van der Waals surface area contributed by atoms with Gasteiger partial charge in [-0.05, 0) is 18.4 Å². The molecule has 0 atom stereocenters. The fourth-order valence-electron chi connectivity index (χ4n) is 1.38. The highest BCUT2D eigenvalue weighted by molar-refractivity contribution is 7.90. The number of sulfone groups is 1. The molecule has 7 heteroatoms. The predicted octanol–water partition coefficient (Wildman–Crippen LogP) is 2.23. The first-order valence-corrected chi connectivity index (χ1v) is 7.34. The molecule has 0 aliphatic carbocycles. The van der Waals surface area contributed by atoms with Crippen LogP contribution in [0.1, 0.15) is 12.0 Å². The molecule has 0 spiro atoms. The molecule has 0 heterocycles. The van der Waals surface area contributed by atoms with Crippen LogP contribution in [0.4, 0.5) is 5.69 Å². The molecule has 0 radical (unpaired) electrons. The van der Waals surface area contributed by atoms with Crippen LogP contribution in [0.15, 0.2) is 18.2 Å². The van der Waals surface area contributed by atoms with Crippen LogP contribution in [-0.4, -0.2) is 25.3 Å². The summed E-state index contributed by atoms with van der Waals surface area (Å²) in [4.78, 5) is 9.96. The van der Waals surface area contributed by atoms with Crippen molar-refractivity contribution >= 4 is 27.1 Å². The van der Waals surface area contributed by atoms with E-state index in [1.165, 1.54) is 18.4 Å². The second kappa shape index (κ2) is 5.46. The molecule has 0 saturated carbocycles. The lowest BCUT2D eigenvalue weighted by atomic mass is 10.1. The van der Waals surface area contributed by atoms with Gasteiger partial charge in [0.05, 0.1) is 15.7 Å². The van der Waals surface area contributed by atoms with Crippen molar-refractivity contribution in [2.75, 3.05) is 12.0 Å². The summed E-state index contributed by atoms with van der Waals surface area (Å²) in [6.45, 7) is 0. The van der Waals surface area contributed by atoms with Crippen molar-refractivity contribution in [3.8, 4) is 0 Å². The third-order valence-electron chi connectivity index (χ3n) is 2.21. The van der Waals surface area contributed by atoms with Gasteiger partial charge in [0.15, 0.2) is 0 Å². The minimum absolute atomic E-state index is 0.0677. The number of halogens is 1. The standard InChI is InChI=1S/C10H12ClNO4S/c1-17(15,16)6-2-3-8-4-5-9(12(13)14)7-10(8)11/h4-5,7H,2-3,6H2,1H3. The Morgan fingerprint density at radius 2 is 2.06 bits per heavy atom. The van der Waals surface area contributed by atoms with Crippen LogP contribution in [-0.2, 0) is 16.3 Å². The molecule has 0 aliphatic rings. The lowest BCUT2D eigenvalue weighted by molar-refractivity contribution is -0.384. The Bertz CT molecular complexity index is 527. The third-order valence-corrected chi connectivity index (χ3v) is 3.59. The van der Waals surface area contributed by atoms with E-state index in [0.29, 0.717) is 17.9 Å². The van der Waals surface area contributed by atoms with E-state index in [1.54, 1.807) is 6.07 Å². The number of aryl methyl sites for hydroxylation is 1. The Morgan fingerprint density at radius 3 is 2.53 bits per heavy atom. The summed E-state index contributed by atoms with van der Waals surface area (Å²) in [5.41, 5.74) is 0.655. The predicted molar refractivity (Wildman–Crippen MR) is 66.1 cm³/mol. The van der Waals surface area contributed by atoms with E-state index >= 15 is 0 Å². The van der Waals surface area contributed by atoms with Gasteiger partial charge in [0.1, 0.15) is 9.84 Å². The summed E-state index contributed by atoms with van der Waals surface area (Å²) in [5.74, 6) is 0.0836. The Morgan fingerprint density at radius 1 is 1.41 bits per heavy atom. The second-order valence-corrected chi connectivity index (χ2v) is 6.43. The SMILES string of the molecule is CS(=O)(=O)CCCc1ccc([N+](=O)[O-])cc1Cl. The summed E-state index contributed by atoms with van der Waals surface area (Å²) in [5, 5.41) is 10.8. The quantitative estimate of drug-likeness (QED) is 0.611. The molecule has 0 saturated heterocycles. The highest BCUT2D eigenvalue weighted by Gasteiger charge is 2.10. The first-order valence-electron chi connectivity index (χ1n) is 4.90. The summed E-state index contributed by atoms with van der Waals surface area (Å²) >= 11 is 5.87. The number of non-ortho nitro benzene ring substituents is 1. The molecule has 1 aromatic rings. The zero-order chi connectivity index (χ0) is 13.1. The molecule has 0 amide bonds. The monoisotopic (exact) mass is 277 g/mol. The summed E-state index contributed by atoms with van der Waals surface area (Å²) < 4.78 is 21.9. The normalized spacial score (nSPS) is 11.4. The van der Waals surface area contributed by atoms with Crippen LogP contribution in [0.2, 0.25) is 5.02 Å². The van der Waals surface area contributed by atoms with Gasteiger partial charge in [0.25, 0.3) is 5.69 Å². The van der Waals surface area contributed by atoms with Crippen molar-refractivity contribution in [2.24, 2.45) is 0 Å². The molecule has 17 heavy (non-hydrogen) atoms. The third kappa shape index (κ3) is 4.70. The van der Waals surface area contributed by atoms with Crippen molar-refractivity contribution in [1.29, 1.82) is 0 Å². The van der Waals surface area contributed by atoms with E-state index in [-0.39, 0.29) is 11.4 Å². The van der Waals surface area contributed by atoms with Crippen molar-refractivity contribution in [3.05, 3.63) is 38.9 Å². The molecule has 1 rings (SSSR count). The van der Waals surface area contributed by atoms with Gasteiger partial charge in [0.2, 0.25) is 0 Å². The van der Waals surface area contributed by atoms with Crippen LogP contribution in [0.3, 0.4) is 0 Å². The Balaban J connectivity index is 2.70. The average Bonchev–Trinajstić information content (AvgIpc) is 2.18. The molecule has 1 aromatic carbocycles. The topological polar surface area (TPSA) is 77.3 Å². The molecule has 0 bridgehead atoms. The number of hydrogen-bond donors (Lipinski definition) is 0. The minimum Gasteiger partial charge on any atom is -0.258 e. The highest BCUT2D eigenvalue weighted by atomic mass is 35.5. The smallest absolute Gasteiger partial charge is 0.258 e. The first kappa shape index (κ1) is 13.9. The van der Waals surface area contributed by atoms with E-state index in [1.807, 2.05) is 0 Å². The van der Waals surface area contributed by atoms with Crippen molar-refractivity contribution in [1.82, 2.24) is 0 Å². The van der Waals surface area contributed by atoms with Gasteiger partial charge in [-0.2, -0.15) is 0 Å². The van der Waals surface area contributed by atoms with Crippen molar-refractivity contribution in [2.45, 2.75) is 12.8 Å². The number of nitrogens with zero attached hydrogens (tertiary/aromatic N) is 1. The van der Waals surface area contributed by atoms with Crippen LogP contribution < -0.4 is 0 Å². The number of hydrogen-bond acceptors (Lipinski definition) is 4. The summed E-state index contributed by atoms with van der Waals surface area (Å²) in [7, 11) is -2.98. The molecule has 0 aliphatic heterocycles. The van der Waals surface area contributed by atoms with Crippen LogP contribution in [0.5, 0.6) is 0 Å². The van der Waals surface area contributed by atoms with Gasteiger partial charge < -0.3 is 0 Å². The molecule has 0 N–H and O–H groups in total. The highest BCUT2D eigenvalue weighted by Crippen LogP contribution is 2.23. The molecule has 0 unspecified atom stereocenters. The van der Waals surface area contributed by atoms with Gasteiger partial charge in [-0.25, -0.2) is 8.42 Å². The van der Waals surface area contributed by atoms with Gasteiger partial charge >= 0.3 is 0 Å². The number of nitro benzene ring substituents is 1. The maximum atomic E-state index is 10.9. The van der Waals surface area contributed by atoms with E-state index < -0.39 is 14.8 Å². The minimum atomic E-state index is -2.98. The van der Waals surface area contributed by atoms with Gasteiger partial charge in [-0.3, -0.25) is 10.1 Å². The van der Waals surface area contributed by atoms with E-state index in [9.17, 15) is 18.5 Å². The lowest BCUT2D eigenvalue weighted by Crippen LogP contribution is -2.04. The lowest BCUT2D eigenvalue weighted by Gasteiger charge is -2.03. The maximum Gasteiger partial charge on any atom is 0.270 e. The van der Waals surface area contributed by atoms with Gasteiger partial charge in [-0.15, -0.1) is 0 Å². The molecule has 0 aromatic heterocycles. The van der Waals surface area contributed by atoms with Gasteiger partial charge in [0, 0.05) is 18.4 Å². The van der Waals surface area contributed by atoms with E-state index in [0.717, 1.165) is 5.56 Å². The molecular formula is C10H12ClNO4S. The largest absolute Gasteiger partial charge is 0.270 e.